The summed E-state index contributed by atoms with van der Waals surface area (Å²) in [6.45, 7) is 3.04. The number of aromatic nitrogens is 2. The van der Waals surface area contributed by atoms with E-state index in [0.717, 1.165) is 5.69 Å². The third-order valence-electron chi connectivity index (χ3n) is 2.63. The highest BCUT2D eigenvalue weighted by Gasteiger charge is 2.01. The fraction of sp³-hybridized carbons (Fsp3) is 0.286. The minimum absolute atomic E-state index is 0.465. The molecular formula is C14H16N2O2S. The topological polar surface area (TPSA) is 36.3 Å². The lowest BCUT2D eigenvalue weighted by molar-refractivity contribution is 0.143. The highest BCUT2D eigenvalue weighted by molar-refractivity contribution is 7.71. The quantitative estimate of drug-likeness (QED) is 0.621. The van der Waals surface area contributed by atoms with Crippen molar-refractivity contribution in [3.05, 3.63) is 46.9 Å². The van der Waals surface area contributed by atoms with E-state index >= 15 is 0 Å². The first-order chi connectivity index (χ1) is 9.20. The third-order valence-corrected chi connectivity index (χ3v) is 2.92. The number of nitrogens with zero attached hydrogens (tertiary/aromatic N) is 2. The Bertz CT molecular complexity index is 593. The summed E-state index contributed by atoms with van der Waals surface area (Å²) in [6.07, 6.45) is 1.86. The summed E-state index contributed by atoms with van der Waals surface area (Å²) < 4.78 is 12.7. The Morgan fingerprint density at radius 3 is 2.53 bits per heavy atom. The van der Waals surface area contributed by atoms with Crippen LogP contribution in [0.15, 0.2) is 36.5 Å². The van der Waals surface area contributed by atoms with E-state index in [4.69, 9.17) is 21.7 Å². The maximum Gasteiger partial charge on any atom is 0.217 e. The van der Waals surface area contributed by atoms with Crippen molar-refractivity contribution < 1.29 is 9.47 Å². The van der Waals surface area contributed by atoms with Crippen LogP contribution in [-0.2, 0) is 4.74 Å². The number of hydrogen-bond donors (Lipinski definition) is 0. The van der Waals surface area contributed by atoms with Gasteiger partial charge in [-0.3, -0.25) is 4.57 Å². The molecule has 0 aliphatic heterocycles. The minimum Gasteiger partial charge on any atom is -0.475 e. The van der Waals surface area contributed by atoms with Gasteiger partial charge in [0.25, 0.3) is 0 Å². The van der Waals surface area contributed by atoms with Gasteiger partial charge in [0.05, 0.1) is 6.61 Å². The molecule has 1 aromatic carbocycles. The van der Waals surface area contributed by atoms with Crippen LogP contribution in [0.25, 0.3) is 5.69 Å². The molecule has 0 saturated carbocycles. The molecule has 100 valence electrons. The van der Waals surface area contributed by atoms with Crippen LogP contribution in [0.5, 0.6) is 5.88 Å². The Morgan fingerprint density at radius 1 is 1.16 bits per heavy atom. The molecule has 0 radical (unpaired) electrons. The highest BCUT2D eigenvalue weighted by Crippen LogP contribution is 2.12. The van der Waals surface area contributed by atoms with Crippen molar-refractivity contribution in [2.75, 3.05) is 20.3 Å². The van der Waals surface area contributed by atoms with Crippen molar-refractivity contribution in [2.45, 2.75) is 6.92 Å². The largest absolute Gasteiger partial charge is 0.475 e. The molecule has 0 fully saturated rings. The van der Waals surface area contributed by atoms with Gasteiger partial charge < -0.3 is 9.47 Å². The Labute approximate surface area is 117 Å². The molecule has 0 N–H and O–H groups in total. The van der Waals surface area contributed by atoms with Gasteiger partial charge in [0.1, 0.15) is 6.61 Å². The first-order valence-electron chi connectivity index (χ1n) is 5.99. The molecule has 0 unspecified atom stereocenters. The number of benzene rings is 1. The van der Waals surface area contributed by atoms with Gasteiger partial charge in [-0.25, -0.2) is 0 Å². The number of aryl methyl sites for hydroxylation is 1. The second-order valence-corrected chi connectivity index (χ2v) is 4.46. The maximum atomic E-state index is 5.42. The molecule has 2 rings (SSSR count). The summed E-state index contributed by atoms with van der Waals surface area (Å²) in [5, 5.41) is 0. The summed E-state index contributed by atoms with van der Waals surface area (Å²) in [5.74, 6) is 0.519. The smallest absolute Gasteiger partial charge is 0.217 e. The van der Waals surface area contributed by atoms with Crippen LogP contribution in [-0.4, -0.2) is 29.9 Å². The zero-order valence-corrected chi connectivity index (χ0v) is 11.8. The fourth-order valence-corrected chi connectivity index (χ4v) is 1.86. The normalized spacial score (nSPS) is 10.4. The molecule has 0 spiro atoms. The van der Waals surface area contributed by atoms with E-state index in [1.807, 2.05) is 42.0 Å². The second kappa shape index (κ2) is 6.45. The van der Waals surface area contributed by atoms with E-state index in [9.17, 15) is 0 Å². The van der Waals surface area contributed by atoms with Crippen molar-refractivity contribution in [1.29, 1.82) is 0 Å². The Balaban J connectivity index is 2.19. The predicted octanol–water partition coefficient (Wildman–Crippen LogP) is 2.94. The summed E-state index contributed by atoms with van der Waals surface area (Å²) in [4.78, 5) is 4.24. The number of hydrogen-bond acceptors (Lipinski definition) is 4. The number of methoxy groups -OCH3 is 1. The van der Waals surface area contributed by atoms with Gasteiger partial charge in [0, 0.05) is 25.1 Å². The van der Waals surface area contributed by atoms with Crippen molar-refractivity contribution in [1.82, 2.24) is 9.55 Å². The van der Waals surface area contributed by atoms with Gasteiger partial charge in [-0.1, -0.05) is 17.7 Å². The van der Waals surface area contributed by atoms with Crippen molar-refractivity contribution in [3.8, 4) is 11.6 Å². The van der Waals surface area contributed by atoms with Gasteiger partial charge in [0.2, 0.25) is 10.7 Å². The lowest BCUT2D eigenvalue weighted by Crippen LogP contribution is -2.07. The van der Waals surface area contributed by atoms with Crippen molar-refractivity contribution in [2.24, 2.45) is 0 Å². The second-order valence-electron chi connectivity index (χ2n) is 4.10. The zero-order chi connectivity index (χ0) is 13.7. The first-order valence-corrected chi connectivity index (χ1v) is 6.40. The fourth-order valence-electron chi connectivity index (χ4n) is 1.60. The van der Waals surface area contributed by atoms with Crippen LogP contribution < -0.4 is 4.74 Å². The van der Waals surface area contributed by atoms with Crippen molar-refractivity contribution >= 4 is 12.2 Å². The van der Waals surface area contributed by atoms with Crippen LogP contribution in [0.4, 0.5) is 0 Å². The first kappa shape index (κ1) is 13.7. The average molecular weight is 276 g/mol. The van der Waals surface area contributed by atoms with Crippen LogP contribution >= 0.6 is 12.2 Å². The monoisotopic (exact) mass is 276 g/mol. The molecule has 0 aliphatic rings. The number of ether oxygens (including phenoxy) is 2. The Morgan fingerprint density at radius 2 is 1.89 bits per heavy atom. The molecular weight excluding hydrogens is 260 g/mol. The number of rotatable bonds is 5. The van der Waals surface area contributed by atoms with E-state index in [-0.39, 0.29) is 0 Å². The van der Waals surface area contributed by atoms with E-state index in [2.05, 4.69) is 4.98 Å². The molecule has 0 aliphatic carbocycles. The Hall–Kier alpha value is -1.72. The van der Waals surface area contributed by atoms with Gasteiger partial charge in [0.15, 0.2) is 0 Å². The molecule has 2 aromatic rings. The van der Waals surface area contributed by atoms with E-state index in [1.165, 1.54) is 5.56 Å². The van der Waals surface area contributed by atoms with E-state index in [0.29, 0.717) is 23.9 Å². The SMILES string of the molecule is COCCOc1ccn(-c2ccc(C)cc2)c(=S)n1. The molecule has 1 heterocycles. The summed E-state index contributed by atoms with van der Waals surface area (Å²) in [5.41, 5.74) is 2.20. The van der Waals surface area contributed by atoms with E-state index < -0.39 is 0 Å². The molecule has 0 bridgehead atoms. The van der Waals surface area contributed by atoms with Crippen LogP contribution in [0, 0.1) is 11.7 Å². The molecule has 0 saturated heterocycles. The minimum atomic E-state index is 0.465. The van der Waals surface area contributed by atoms with E-state index in [1.54, 1.807) is 13.2 Å². The lowest BCUT2D eigenvalue weighted by atomic mass is 10.2. The molecule has 5 heteroatoms. The van der Waals surface area contributed by atoms with Crippen LogP contribution in [0.2, 0.25) is 0 Å². The van der Waals surface area contributed by atoms with Crippen LogP contribution in [0.1, 0.15) is 5.56 Å². The summed E-state index contributed by atoms with van der Waals surface area (Å²) in [6, 6.07) is 9.90. The van der Waals surface area contributed by atoms with Crippen molar-refractivity contribution in [3.63, 3.8) is 0 Å². The standard InChI is InChI=1S/C14H16N2O2S/c1-11-3-5-12(6-4-11)16-8-7-13(15-14(16)19)18-10-9-17-2/h3-8H,9-10H2,1-2H3. The van der Waals surface area contributed by atoms with Gasteiger partial charge in [-0.05, 0) is 31.3 Å². The van der Waals surface area contributed by atoms with Gasteiger partial charge >= 0.3 is 0 Å². The lowest BCUT2D eigenvalue weighted by Gasteiger charge is -2.09. The highest BCUT2D eigenvalue weighted by atomic mass is 32.1. The summed E-state index contributed by atoms with van der Waals surface area (Å²) in [7, 11) is 1.63. The zero-order valence-electron chi connectivity index (χ0n) is 11.0. The maximum absolute atomic E-state index is 5.42. The average Bonchev–Trinajstić information content (AvgIpc) is 2.41. The Kier molecular flexibility index (Phi) is 4.65. The van der Waals surface area contributed by atoms with Gasteiger partial charge in [-0.2, -0.15) is 4.98 Å². The van der Waals surface area contributed by atoms with Crippen LogP contribution in [0.3, 0.4) is 0 Å². The molecule has 4 nitrogen and oxygen atoms in total. The third kappa shape index (κ3) is 3.62. The molecule has 0 amide bonds. The molecule has 1 aromatic heterocycles. The molecule has 19 heavy (non-hydrogen) atoms. The van der Waals surface area contributed by atoms with Gasteiger partial charge in [-0.15, -0.1) is 0 Å². The predicted molar refractivity (Wildman–Crippen MR) is 76.5 cm³/mol. The molecule has 0 atom stereocenters. The summed E-state index contributed by atoms with van der Waals surface area (Å²) >= 11 is 5.27.